The number of piperazine rings is 1. The summed E-state index contributed by atoms with van der Waals surface area (Å²) in [7, 11) is 2.08. The third kappa shape index (κ3) is 2.22. The van der Waals surface area contributed by atoms with Crippen molar-refractivity contribution in [3.8, 4) is 0 Å². The van der Waals surface area contributed by atoms with Crippen molar-refractivity contribution in [2.45, 2.75) is 13.0 Å². The Labute approximate surface area is 95.9 Å². The molecule has 1 aromatic heterocycles. The summed E-state index contributed by atoms with van der Waals surface area (Å²) in [5.74, 6) is 0.0428. The van der Waals surface area contributed by atoms with Crippen molar-refractivity contribution in [3.63, 3.8) is 0 Å². The maximum atomic E-state index is 12.2. The van der Waals surface area contributed by atoms with E-state index in [0.717, 1.165) is 19.6 Å². The Bertz CT molecular complexity index is 366. The monoisotopic (exact) mass is 219 g/mol. The van der Waals surface area contributed by atoms with Gasteiger partial charge in [-0.05, 0) is 26.1 Å². The number of hydrogen-bond donors (Lipinski definition) is 0. The Hall–Kier alpha value is -1.42. The summed E-state index contributed by atoms with van der Waals surface area (Å²) in [6, 6.07) is 5.70. The second-order valence-electron chi connectivity index (χ2n) is 4.32. The molecule has 0 radical (unpaired) electrons. The number of hydrogen-bond acceptors (Lipinski definition) is 3. The minimum atomic E-state index is 0.0428. The van der Waals surface area contributed by atoms with Crippen LogP contribution in [0.2, 0.25) is 0 Å². The van der Waals surface area contributed by atoms with Gasteiger partial charge in [0, 0.05) is 31.9 Å². The summed E-state index contributed by atoms with van der Waals surface area (Å²) in [4.78, 5) is 20.4. The van der Waals surface area contributed by atoms with E-state index >= 15 is 0 Å². The average Bonchev–Trinajstić information content (AvgIpc) is 2.29. The molecule has 2 heterocycles. The smallest absolute Gasteiger partial charge is 0.272 e. The van der Waals surface area contributed by atoms with Crippen molar-refractivity contribution in [2.75, 3.05) is 26.7 Å². The number of rotatable bonds is 1. The molecule has 0 bridgehead atoms. The zero-order valence-electron chi connectivity index (χ0n) is 9.76. The van der Waals surface area contributed by atoms with Crippen LogP contribution in [0.25, 0.3) is 0 Å². The summed E-state index contributed by atoms with van der Waals surface area (Å²) in [5.41, 5.74) is 0.541. The zero-order valence-corrected chi connectivity index (χ0v) is 9.76. The van der Waals surface area contributed by atoms with Gasteiger partial charge in [-0.25, -0.2) is 0 Å². The van der Waals surface area contributed by atoms with Crippen molar-refractivity contribution in [1.29, 1.82) is 0 Å². The molecule has 1 atom stereocenters. The SMILES string of the molecule is CC1CN(C)CCN1C(=O)c1ccccn1. The van der Waals surface area contributed by atoms with E-state index in [2.05, 4.69) is 23.9 Å². The van der Waals surface area contributed by atoms with Gasteiger partial charge in [-0.1, -0.05) is 6.07 Å². The van der Waals surface area contributed by atoms with Gasteiger partial charge < -0.3 is 9.80 Å². The fourth-order valence-corrected chi connectivity index (χ4v) is 2.08. The van der Waals surface area contributed by atoms with Crippen LogP contribution in [-0.2, 0) is 0 Å². The van der Waals surface area contributed by atoms with Crippen LogP contribution in [0.1, 0.15) is 17.4 Å². The standard InChI is InChI=1S/C12H17N3O/c1-10-9-14(2)7-8-15(10)12(16)11-5-3-4-6-13-11/h3-6,10H,7-9H2,1-2H3. The molecular formula is C12H17N3O. The molecule has 16 heavy (non-hydrogen) atoms. The summed E-state index contributed by atoms with van der Waals surface area (Å²) in [6.45, 7) is 4.73. The molecule has 1 aliphatic rings. The van der Waals surface area contributed by atoms with E-state index < -0.39 is 0 Å². The highest BCUT2D eigenvalue weighted by molar-refractivity contribution is 5.92. The molecule has 1 amide bonds. The Kier molecular flexibility index (Phi) is 3.19. The first-order valence-electron chi connectivity index (χ1n) is 5.59. The fraction of sp³-hybridized carbons (Fsp3) is 0.500. The molecule has 1 fully saturated rings. The molecule has 1 saturated heterocycles. The van der Waals surface area contributed by atoms with E-state index in [1.165, 1.54) is 0 Å². The normalized spacial score (nSPS) is 22.1. The minimum Gasteiger partial charge on any atom is -0.332 e. The van der Waals surface area contributed by atoms with Gasteiger partial charge >= 0.3 is 0 Å². The first-order valence-corrected chi connectivity index (χ1v) is 5.59. The van der Waals surface area contributed by atoms with Gasteiger partial charge in [0.1, 0.15) is 5.69 Å². The molecule has 0 N–H and O–H groups in total. The zero-order chi connectivity index (χ0) is 11.5. The molecule has 0 spiro atoms. The van der Waals surface area contributed by atoms with Crippen LogP contribution in [0.15, 0.2) is 24.4 Å². The molecule has 86 valence electrons. The predicted octanol–water partition coefficient (Wildman–Crippen LogP) is 0.858. The maximum absolute atomic E-state index is 12.2. The predicted molar refractivity (Wildman–Crippen MR) is 62.2 cm³/mol. The highest BCUT2D eigenvalue weighted by Gasteiger charge is 2.26. The topological polar surface area (TPSA) is 36.4 Å². The van der Waals surface area contributed by atoms with Gasteiger partial charge in [0.2, 0.25) is 0 Å². The van der Waals surface area contributed by atoms with Crippen molar-refractivity contribution in [3.05, 3.63) is 30.1 Å². The van der Waals surface area contributed by atoms with Gasteiger partial charge in [0.25, 0.3) is 5.91 Å². The third-order valence-electron chi connectivity index (χ3n) is 2.98. The molecule has 1 unspecified atom stereocenters. The maximum Gasteiger partial charge on any atom is 0.272 e. The van der Waals surface area contributed by atoms with Gasteiger partial charge in [-0.15, -0.1) is 0 Å². The molecule has 1 aliphatic heterocycles. The summed E-state index contributed by atoms with van der Waals surface area (Å²) < 4.78 is 0. The van der Waals surface area contributed by atoms with E-state index in [0.29, 0.717) is 5.69 Å². The van der Waals surface area contributed by atoms with Crippen LogP contribution in [0, 0.1) is 0 Å². The Morgan fingerprint density at radius 2 is 2.25 bits per heavy atom. The van der Waals surface area contributed by atoms with E-state index in [-0.39, 0.29) is 11.9 Å². The van der Waals surface area contributed by atoms with E-state index in [4.69, 9.17) is 0 Å². The second kappa shape index (κ2) is 4.61. The quantitative estimate of drug-likeness (QED) is 0.703. The van der Waals surface area contributed by atoms with Crippen molar-refractivity contribution in [2.24, 2.45) is 0 Å². The lowest BCUT2D eigenvalue weighted by atomic mass is 10.2. The highest BCUT2D eigenvalue weighted by Crippen LogP contribution is 2.11. The van der Waals surface area contributed by atoms with Gasteiger partial charge in [-0.3, -0.25) is 9.78 Å². The van der Waals surface area contributed by atoms with Crippen molar-refractivity contribution >= 4 is 5.91 Å². The van der Waals surface area contributed by atoms with Crippen molar-refractivity contribution < 1.29 is 4.79 Å². The summed E-state index contributed by atoms with van der Waals surface area (Å²) in [6.07, 6.45) is 1.66. The molecule has 1 aromatic rings. The Balaban J connectivity index is 2.11. The second-order valence-corrected chi connectivity index (χ2v) is 4.32. The van der Waals surface area contributed by atoms with Gasteiger partial charge in [-0.2, -0.15) is 0 Å². The summed E-state index contributed by atoms with van der Waals surface area (Å²) >= 11 is 0. The van der Waals surface area contributed by atoms with Gasteiger partial charge in [0.15, 0.2) is 0 Å². The van der Waals surface area contributed by atoms with Crippen LogP contribution in [0.3, 0.4) is 0 Å². The number of carbonyl (C=O) groups is 1. The van der Waals surface area contributed by atoms with Crippen LogP contribution in [0.4, 0.5) is 0 Å². The minimum absolute atomic E-state index is 0.0428. The molecule has 0 aromatic carbocycles. The van der Waals surface area contributed by atoms with Crippen LogP contribution in [-0.4, -0.2) is 53.4 Å². The van der Waals surface area contributed by atoms with Crippen LogP contribution >= 0.6 is 0 Å². The van der Waals surface area contributed by atoms with E-state index in [9.17, 15) is 4.79 Å². The van der Waals surface area contributed by atoms with Gasteiger partial charge in [0.05, 0.1) is 0 Å². The van der Waals surface area contributed by atoms with E-state index in [1.807, 2.05) is 17.0 Å². The number of nitrogens with zero attached hydrogens (tertiary/aromatic N) is 3. The number of pyridine rings is 1. The number of amides is 1. The molecule has 0 aliphatic carbocycles. The van der Waals surface area contributed by atoms with Crippen molar-refractivity contribution in [1.82, 2.24) is 14.8 Å². The first-order chi connectivity index (χ1) is 7.68. The Morgan fingerprint density at radius 3 is 2.88 bits per heavy atom. The molecule has 4 nitrogen and oxygen atoms in total. The van der Waals surface area contributed by atoms with Crippen LogP contribution < -0.4 is 0 Å². The highest BCUT2D eigenvalue weighted by atomic mass is 16.2. The largest absolute Gasteiger partial charge is 0.332 e. The van der Waals surface area contributed by atoms with E-state index in [1.54, 1.807) is 12.3 Å². The third-order valence-corrected chi connectivity index (χ3v) is 2.98. The molecular weight excluding hydrogens is 202 g/mol. The lowest BCUT2D eigenvalue weighted by Gasteiger charge is -2.38. The summed E-state index contributed by atoms with van der Waals surface area (Å²) in [5, 5.41) is 0. The lowest BCUT2D eigenvalue weighted by molar-refractivity contribution is 0.0528. The number of likely N-dealkylation sites (N-methyl/N-ethyl adjacent to an activating group) is 1. The fourth-order valence-electron chi connectivity index (χ4n) is 2.08. The number of aromatic nitrogens is 1. The lowest BCUT2D eigenvalue weighted by Crippen LogP contribution is -2.52. The average molecular weight is 219 g/mol. The first kappa shape index (κ1) is 11.1. The van der Waals surface area contributed by atoms with Crippen LogP contribution in [0.5, 0.6) is 0 Å². The Morgan fingerprint density at radius 1 is 1.44 bits per heavy atom. The molecule has 0 saturated carbocycles. The molecule has 4 heteroatoms. The molecule has 2 rings (SSSR count). The number of carbonyl (C=O) groups excluding carboxylic acids is 1.